The van der Waals surface area contributed by atoms with E-state index in [-0.39, 0.29) is 12.0 Å². The highest BCUT2D eigenvalue weighted by atomic mass is 16.5. The van der Waals surface area contributed by atoms with Gasteiger partial charge in [0.25, 0.3) is 5.91 Å². The molecule has 0 bridgehead atoms. The predicted molar refractivity (Wildman–Crippen MR) is 90.5 cm³/mol. The fourth-order valence-electron chi connectivity index (χ4n) is 2.84. The molecule has 5 nitrogen and oxygen atoms in total. The van der Waals surface area contributed by atoms with E-state index in [9.17, 15) is 4.79 Å². The first kappa shape index (κ1) is 14.5. The van der Waals surface area contributed by atoms with Gasteiger partial charge < -0.3 is 10.1 Å². The fourth-order valence-corrected chi connectivity index (χ4v) is 2.84. The van der Waals surface area contributed by atoms with Gasteiger partial charge in [0.2, 0.25) is 0 Å². The van der Waals surface area contributed by atoms with Gasteiger partial charge >= 0.3 is 0 Å². The summed E-state index contributed by atoms with van der Waals surface area (Å²) in [5, 5.41) is 7.17. The van der Waals surface area contributed by atoms with Crippen molar-refractivity contribution in [3.63, 3.8) is 0 Å². The number of rotatable bonds is 4. The Kier molecular flexibility index (Phi) is 3.75. The van der Waals surface area contributed by atoms with E-state index in [0.29, 0.717) is 12.1 Å². The van der Waals surface area contributed by atoms with Gasteiger partial charge in [-0.15, -0.1) is 0 Å². The van der Waals surface area contributed by atoms with Gasteiger partial charge in [-0.2, -0.15) is 5.10 Å². The van der Waals surface area contributed by atoms with E-state index in [1.807, 2.05) is 48.5 Å². The second-order valence-corrected chi connectivity index (χ2v) is 5.77. The summed E-state index contributed by atoms with van der Waals surface area (Å²) in [6, 6.07) is 17.7. The summed E-state index contributed by atoms with van der Waals surface area (Å²) in [5.74, 6) is 0.769. The van der Waals surface area contributed by atoms with Crippen LogP contribution in [0.25, 0.3) is 5.69 Å². The SMILES string of the molecule is O=C(NCC1Cc2ccccc2O1)c1cnn(-c2ccccc2)c1. The Morgan fingerprint density at radius 3 is 2.79 bits per heavy atom. The molecule has 3 aromatic rings. The molecule has 0 saturated heterocycles. The maximum absolute atomic E-state index is 12.3. The number of hydrogen-bond acceptors (Lipinski definition) is 3. The normalized spacial score (nSPS) is 15.6. The van der Waals surface area contributed by atoms with Crippen LogP contribution >= 0.6 is 0 Å². The number of hydrogen-bond donors (Lipinski definition) is 1. The van der Waals surface area contributed by atoms with E-state index in [1.54, 1.807) is 17.1 Å². The third kappa shape index (κ3) is 2.88. The molecule has 1 amide bonds. The highest BCUT2D eigenvalue weighted by Gasteiger charge is 2.23. The van der Waals surface area contributed by atoms with Crippen LogP contribution in [0.5, 0.6) is 5.75 Å². The van der Waals surface area contributed by atoms with Crippen molar-refractivity contribution in [2.75, 3.05) is 6.54 Å². The third-order valence-electron chi connectivity index (χ3n) is 4.07. The molecule has 1 N–H and O–H groups in total. The minimum Gasteiger partial charge on any atom is -0.488 e. The van der Waals surface area contributed by atoms with E-state index >= 15 is 0 Å². The van der Waals surface area contributed by atoms with Gasteiger partial charge in [0.15, 0.2) is 0 Å². The highest BCUT2D eigenvalue weighted by Crippen LogP contribution is 2.27. The minimum atomic E-state index is -0.142. The molecule has 1 aliphatic rings. The lowest BCUT2D eigenvalue weighted by Gasteiger charge is -2.11. The van der Waals surface area contributed by atoms with Crippen molar-refractivity contribution in [1.82, 2.24) is 15.1 Å². The molecule has 1 aromatic heterocycles. The van der Waals surface area contributed by atoms with Crippen molar-refractivity contribution in [1.29, 1.82) is 0 Å². The molecule has 2 aromatic carbocycles. The van der Waals surface area contributed by atoms with E-state index in [2.05, 4.69) is 16.5 Å². The van der Waals surface area contributed by atoms with Gasteiger partial charge in [0.05, 0.1) is 24.0 Å². The van der Waals surface area contributed by atoms with E-state index < -0.39 is 0 Å². The first-order chi connectivity index (χ1) is 11.8. The first-order valence-corrected chi connectivity index (χ1v) is 7.92. The molecule has 2 heterocycles. The number of aromatic nitrogens is 2. The second kappa shape index (κ2) is 6.20. The van der Waals surface area contributed by atoms with Crippen molar-refractivity contribution >= 4 is 5.91 Å². The first-order valence-electron chi connectivity index (χ1n) is 7.92. The molecule has 0 saturated carbocycles. The molecular weight excluding hydrogens is 302 g/mol. The van der Waals surface area contributed by atoms with Crippen LogP contribution in [-0.2, 0) is 6.42 Å². The number of carbonyl (C=O) groups is 1. The standard InChI is InChI=1S/C19H17N3O2/c23-19(15-11-21-22(13-15)16-7-2-1-3-8-16)20-12-17-10-14-6-4-5-9-18(14)24-17/h1-9,11,13,17H,10,12H2,(H,20,23). The maximum atomic E-state index is 12.3. The third-order valence-corrected chi connectivity index (χ3v) is 4.07. The molecule has 1 unspecified atom stereocenters. The van der Waals surface area contributed by atoms with Gasteiger partial charge in [0, 0.05) is 12.6 Å². The van der Waals surface area contributed by atoms with Crippen LogP contribution in [0.1, 0.15) is 15.9 Å². The molecule has 4 rings (SSSR count). The zero-order valence-corrected chi connectivity index (χ0v) is 13.1. The Morgan fingerprint density at radius 2 is 1.96 bits per heavy atom. The van der Waals surface area contributed by atoms with Gasteiger partial charge in [-0.3, -0.25) is 4.79 Å². The quantitative estimate of drug-likeness (QED) is 0.804. The van der Waals surface area contributed by atoms with Gasteiger partial charge in [-0.1, -0.05) is 36.4 Å². The largest absolute Gasteiger partial charge is 0.488 e. The number of para-hydroxylation sites is 2. The summed E-state index contributed by atoms with van der Waals surface area (Å²) in [5.41, 5.74) is 2.65. The molecule has 120 valence electrons. The van der Waals surface area contributed by atoms with Crippen LogP contribution in [0.4, 0.5) is 0 Å². The Balaban J connectivity index is 1.37. The van der Waals surface area contributed by atoms with Crippen molar-refractivity contribution in [2.24, 2.45) is 0 Å². The molecule has 1 atom stereocenters. The Labute approximate surface area is 139 Å². The van der Waals surface area contributed by atoms with E-state index in [4.69, 9.17) is 4.74 Å². The lowest BCUT2D eigenvalue weighted by molar-refractivity contribution is 0.0933. The number of fused-ring (bicyclic) bond motifs is 1. The molecule has 5 heteroatoms. The molecule has 24 heavy (non-hydrogen) atoms. The summed E-state index contributed by atoms with van der Waals surface area (Å²) in [6.45, 7) is 0.476. The molecule has 1 aliphatic heterocycles. The topological polar surface area (TPSA) is 56.1 Å². The Bertz CT molecular complexity index is 833. The predicted octanol–water partition coefficient (Wildman–Crippen LogP) is 2.61. The lowest BCUT2D eigenvalue weighted by Crippen LogP contribution is -2.34. The number of carbonyl (C=O) groups excluding carboxylic acids is 1. The number of amides is 1. The van der Waals surface area contributed by atoms with Crippen LogP contribution in [-0.4, -0.2) is 28.3 Å². The average molecular weight is 319 g/mol. The van der Waals surface area contributed by atoms with Gasteiger partial charge in [-0.05, 0) is 23.8 Å². The average Bonchev–Trinajstić information content (AvgIpc) is 3.27. The number of ether oxygens (including phenoxy) is 1. The van der Waals surface area contributed by atoms with Crippen LogP contribution in [0.15, 0.2) is 67.0 Å². The Morgan fingerprint density at radius 1 is 1.17 bits per heavy atom. The molecule has 0 aliphatic carbocycles. The summed E-state index contributed by atoms with van der Waals surface area (Å²) >= 11 is 0. The summed E-state index contributed by atoms with van der Waals surface area (Å²) < 4.78 is 7.52. The van der Waals surface area contributed by atoms with Gasteiger partial charge in [0.1, 0.15) is 11.9 Å². The number of nitrogens with one attached hydrogen (secondary N) is 1. The van der Waals surface area contributed by atoms with Crippen LogP contribution in [0.3, 0.4) is 0 Å². The van der Waals surface area contributed by atoms with E-state index in [0.717, 1.165) is 17.9 Å². The van der Waals surface area contributed by atoms with Crippen LogP contribution < -0.4 is 10.1 Å². The molecule has 0 radical (unpaired) electrons. The smallest absolute Gasteiger partial charge is 0.254 e. The van der Waals surface area contributed by atoms with Crippen molar-refractivity contribution in [3.05, 3.63) is 78.1 Å². The number of nitrogens with zero attached hydrogens (tertiary/aromatic N) is 2. The molecule has 0 fully saturated rings. The maximum Gasteiger partial charge on any atom is 0.254 e. The highest BCUT2D eigenvalue weighted by molar-refractivity contribution is 5.93. The monoisotopic (exact) mass is 319 g/mol. The van der Waals surface area contributed by atoms with Crippen LogP contribution in [0.2, 0.25) is 0 Å². The summed E-state index contributed by atoms with van der Waals surface area (Å²) in [7, 11) is 0. The zero-order valence-electron chi connectivity index (χ0n) is 13.1. The molecular formula is C19H17N3O2. The van der Waals surface area contributed by atoms with E-state index in [1.165, 1.54) is 5.56 Å². The van der Waals surface area contributed by atoms with Crippen molar-refractivity contribution in [3.8, 4) is 11.4 Å². The molecule has 0 spiro atoms. The van der Waals surface area contributed by atoms with Crippen molar-refractivity contribution < 1.29 is 9.53 Å². The Hall–Kier alpha value is -3.08. The van der Waals surface area contributed by atoms with Crippen molar-refractivity contribution in [2.45, 2.75) is 12.5 Å². The van der Waals surface area contributed by atoms with Gasteiger partial charge in [-0.25, -0.2) is 4.68 Å². The number of benzene rings is 2. The summed E-state index contributed by atoms with van der Waals surface area (Å²) in [6.07, 6.45) is 4.11. The van der Waals surface area contributed by atoms with Crippen LogP contribution in [0, 0.1) is 0 Å². The lowest BCUT2D eigenvalue weighted by atomic mass is 10.1. The summed E-state index contributed by atoms with van der Waals surface area (Å²) in [4.78, 5) is 12.3. The zero-order chi connectivity index (χ0) is 16.4. The fraction of sp³-hybridized carbons (Fsp3) is 0.158. The minimum absolute atomic E-state index is 0.0180. The second-order valence-electron chi connectivity index (χ2n) is 5.77.